The van der Waals surface area contributed by atoms with E-state index in [0.29, 0.717) is 0 Å². The van der Waals surface area contributed by atoms with Crippen LogP contribution in [0.25, 0.3) is 16.3 Å². The summed E-state index contributed by atoms with van der Waals surface area (Å²) in [5, 5.41) is 11.9. The molecule has 0 fully saturated rings. The third-order valence-electron chi connectivity index (χ3n) is 4.45. The molecule has 0 bridgehead atoms. The molecule has 0 atom stereocenters. The van der Waals surface area contributed by atoms with Crippen molar-refractivity contribution < 1.29 is 5.11 Å². The van der Waals surface area contributed by atoms with E-state index in [-0.39, 0.29) is 6.61 Å². The molecular formula is C17H20NO+. The highest BCUT2D eigenvalue weighted by Gasteiger charge is 2.37. The maximum Gasteiger partial charge on any atom is 0.145 e. The predicted molar refractivity (Wildman–Crippen MR) is 81.9 cm³/mol. The molecule has 1 heterocycles. The van der Waals surface area contributed by atoms with Crippen molar-refractivity contribution in [3.8, 4) is 0 Å². The van der Waals surface area contributed by atoms with Gasteiger partial charge in [-0.2, -0.15) is 0 Å². The quantitative estimate of drug-likeness (QED) is 0.813. The van der Waals surface area contributed by atoms with Crippen LogP contribution in [0, 0.1) is 0 Å². The first-order valence-electron chi connectivity index (χ1n) is 6.75. The molecule has 1 aliphatic heterocycles. The summed E-state index contributed by atoms with van der Waals surface area (Å²) < 4.78 is 0.787. The monoisotopic (exact) mass is 254 g/mol. The maximum absolute atomic E-state index is 9.37. The standard InChI is InChI=1S/C17H20NO/c1-12-14(10-11-19)17-15-7-5-4-6-13(15)8-9-16(17)18(12,2)3/h4-9,19H,10-11H2,1-3H3/q+1. The van der Waals surface area contributed by atoms with E-state index >= 15 is 0 Å². The number of benzene rings is 2. The summed E-state index contributed by atoms with van der Waals surface area (Å²) in [4.78, 5) is 0. The van der Waals surface area contributed by atoms with Crippen LogP contribution in [0.15, 0.2) is 42.1 Å². The van der Waals surface area contributed by atoms with Crippen LogP contribution >= 0.6 is 0 Å². The van der Waals surface area contributed by atoms with Gasteiger partial charge in [-0.15, -0.1) is 0 Å². The lowest BCUT2D eigenvalue weighted by molar-refractivity contribution is 0.304. The van der Waals surface area contributed by atoms with Gasteiger partial charge < -0.3 is 5.11 Å². The molecule has 0 saturated heterocycles. The minimum atomic E-state index is 0.204. The second-order valence-electron chi connectivity index (χ2n) is 5.67. The summed E-state index contributed by atoms with van der Waals surface area (Å²) in [7, 11) is 4.43. The molecule has 0 spiro atoms. The highest BCUT2D eigenvalue weighted by atomic mass is 16.3. The number of quaternary nitrogens is 1. The summed E-state index contributed by atoms with van der Waals surface area (Å²) >= 11 is 0. The zero-order chi connectivity index (χ0) is 13.6. The molecule has 2 aromatic rings. The van der Waals surface area contributed by atoms with E-state index in [1.165, 1.54) is 33.3 Å². The average Bonchev–Trinajstić information content (AvgIpc) is 2.61. The molecule has 2 heteroatoms. The number of aliphatic hydroxyl groups excluding tert-OH is 1. The van der Waals surface area contributed by atoms with Gasteiger partial charge in [0.2, 0.25) is 0 Å². The molecule has 0 aromatic heterocycles. The van der Waals surface area contributed by atoms with E-state index in [2.05, 4.69) is 57.4 Å². The fraction of sp³-hybridized carbons (Fsp3) is 0.294. The molecule has 0 aliphatic carbocycles. The summed E-state index contributed by atoms with van der Waals surface area (Å²) in [6, 6.07) is 12.9. The Bertz CT molecular complexity index is 683. The minimum absolute atomic E-state index is 0.204. The predicted octanol–water partition coefficient (Wildman–Crippen LogP) is 3.53. The molecule has 3 rings (SSSR count). The van der Waals surface area contributed by atoms with Crippen molar-refractivity contribution in [1.82, 2.24) is 4.48 Å². The van der Waals surface area contributed by atoms with E-state index in [0.717, 1.165) is 10.9 Å². The molecule has 0 amide bonds. The Kier molecular flexibility index (Phi) is 2.73. The van der Waals surface area contributed by atoms with Crippen LogP contribution in [-0.2, 0) is 0 Å². The first kappa shape index (κ1) is 12.4. The largest absolute Gasteiger partial charge is 0.396 e. The Morgan fingerprint density at radius 1 is 1.05 bits per heavy atom. The number of rotatable bonds is 2. The Morgan fingerprint density at radius 3 is 2.53 bits per heavy atom. The molecule has 0 radical (unpaired) electrons. The fourth-order valence-electron chi connectivity index (χ4n) is 3.16. The van der Waals surface area contributed by atoms with Crippen LogP contribution in [0.5, 0.6) is 0 Å². The highest BCUT2D eigenvalue weighted by molar-refractivity contribution is 6.02. The lowest BCUT2D eigenvalue weighted by Gasteiger charge is -2.26. The van der Waals surface area contributed by atoms with E-state index in [1.54, 1.807) is 0 Å². The summed E-state index contributed by atoms with van der Waals surface area (Å²) in [6.07, 6.45) is 0.731. The van der Waals surface area contributed by atoms with E-state index < -0.39 is 0 Å². The van der Waals surface area contributed by atoms with Crippen molar-refractivity contribution in [1.29, 1.82) is 0 Å². The maximum atomic E-state index is 9.37. The van der Waals surface area contributed by atoms with Crippen LogP contribution < -0.4 is 4.48 Å². The summed E-state index contributed by atoms with van der Waals surface area (Å²) in [5.41, 5.74) is 5.30. The van der Waals surface area contributed by atoms with Crippen LogP contribution in [-0.4, -0.2) is 25.8 Å². The van der Waals surface area contributed by atoms with Crippen molar-refractivity contribution >= 4 is 22.0 Å². The Labute approximate surface area is 114 Å². The first-order valence-corrected chi connectivity index (χ1v) is 6.75. The van der Waals surface area contributed by atoms with Crippen molar-refractivity contribution in [3.05, 3.63) is 47.7 Å². The number of hydrogen-bond acceptors (Lipinski definition) is 1. The third-order valence-corrected chi connectivity index (χ3v) is 4.45. The van der Waals surface area contributed by atoms with E-state index in [4.69, 9.17) is 0 Å². The number of nitrogens with zero attached hydrogens (tertiary/aromatic N) is 1. The lowest BCUT2D eigenvalue weighted by atomic mass is 9.96. The van der Waals surface area contributed by atoms with Gasteiger partial charge in [-0.1, -0.05) is 24.3 Å². The molecule has 19 heavy (non-hydrogen) atoms. The van der Waals surface area contributed by atoms with Gasteiger partial charge in [-0.3, -0.25) is 4.48 Å². The van der Waals surface area contributed by atoms with Crippen molar-refractivity contribution in [2.75, 3.05) is 20.7 Å². The second-order valence-corrected chi connectivity index (χ2v) is 5.67. The van der Waals surface area contributed by atoms with Gasteiger partial charge in [0.25, 0.3) is 0 Å². The highest BCUT2D eigenvalue weighted by Crippen LogP contribution is 2.47. The third kappa shape index (κ3) is 1.64. The molecule has 98 valence electrons. The number of hydrogen-bond donors (Lipinski definition) is 1. The van der Waals surface area contributed by atoms with Gasteiger partial charge in [0.15, 0.2) is 0 Å². The Balaban J connectivity index is 2.39. The van der Waals surface area contributed by atoms with Gasteiger partial charge in [0, 0.05) is 31.6 Å². The molecule has 2 nitrogen and oxygen atoms in total. The zero-order valence-corrected chi connectivity index (χ0v) is 11.8. The normalized spacial score (nSPS) is 17.1. The van der Waals surface area contributed by atoms with Crippen LogP contribution in [0.4, 0.5) is 5.69 Å². The van der Waals surface area contributed by atoms with E-state index in [9.17, 15) is 5.11 Å². The van der Waals surface area contributed by atoms with Gasteiger partial charge in [-0.05, 0) is 16.8 Å². The van der Waals surface area contributed by atoms with Gasteiger partial charge in [0.05, 0.1) is 19.7 Å². The van der Waals surface area contributed by atoms with Crippen molar-refractivity contribution in [3.63, 3.8) is 0 Å². The molecule has 0 unspecified atom stereocenters. The molecule has 0 saturated carbocycles. The Hall–Kier alpha value is -1.64. The number of aliphatic hydroxyl groups is 1. The minimum Gasteiger partial charge on any atom is -0.396 e. The van der Waals surface area contributed by atoms with Crippen LogP contribution in [0.3, 0.4) is 0 Å². The van der Waals surface area contributed by atoms with Crippen molar-refractivity contribution in [2.24, 2.45) is 0 Å². The zero-order valence-electron chi connectivity index (χ0n) is 11.8. The lowest BCUT2D eigenvalue weighted by Crippen LogP contribution is -2.36. The number of fused-ring (bicyclic) bond motifs is 3. The van der Waals surface area contributed by atoms with Crippen LogP contribution in [0.1, 0.15) is 18.9 Å². The molecule has 1 aliphatic rings. The fourth-order valence-corrected chi connectivity index (χ4v) is 3.16. The topological polar surface area (TPSA) is 20.2 Å². The van der Waals surface area contributed by atoms with Crippen molar-refractivity contribution in [2.45, 2.75) is 13.3 Å². The second kappa shape index (κ2) is 4.19. The summed E-state index contributed by atoms with van der Waals surface area (Å²) in [6.45, 7) is 2.38. The molecule has 1 N–H and O–H groups in total. The number of allylic oxidation sites excluding steroid dienone is 1. The SMILES string of the molecule is CC1=C(CCO)c2c(ccc3ccccc23)[N+]1(C)C. The average molecular weight is 254 g/mol. The first-order chi connectivity index (χ1) is 9.07. The Morgan fingerprint density at radius 2 is 1.79 bits per heavy atom. The summed E-state index contributed by atoms with van der Waals surface area (Å²) in [5.74, 6) is 0. The molecule has 2 aromatic carbocycles. The van der Waals surface area contributed by atoms with Crippen LogP contribution in [0.2, 0.25) is 0 Å². The smallest absolute Gasteiger partial charge is 0.145 e. The molecular weight excluding hydrogens is 234 g/mol. The van der Waals surface area contributed by atoms with E-state index in [1.807, 2.05) is 0 Å². The van der Waals surface area contributed by atoms with Gasteiger partial charge in [0.1, 0.15) is 11.4 Å². The van der Waals surface area contributed by atoms with Gasteiger partial charge in [-0.25, -0.2) is 0 Å². The van der Waals surface area contributed by atoms with Gasteiger partial charge >= 0.3 is 0 Å².